The summed E-state index contributed by atoms with van der Waals surface area (Å²) in [5.74, 6) is -0.212. The van der Waals surface area contributed by atoms with Gasteiger partial charge in [-0.1, -0.05) is 12.1 Å². The van der Waals surface area contributed by atoms with Crippen molar-refractivity contribution in [3.05, 3.63) is 64.7 Å². The minimum absolute atomic E-state index is 0.212. The molecule has 6 heteroatoms. The molecular weight excluding hydrogens is 302 g/mol. The highest BCUT2D eigenvalue weighted by atomic mass is 16.2. The average Bonchev–Trinajstić information content (AvgIpc) is 3.10. The van der Waals surface area contributed by atoms with Crippen LogP contribution in [0.15, 0.2) is 36.5 Å². The molecule has 124 valence electrons. The topological polar surface area (TPSA) is 64.7 Å². The highest BCUT2D eigenvalue weighted by Crippen LogP contribution is 2.17. The molecule has 0 aliphatic carbocycles. The van der Waals surface area contributed by atoms with Crippen molar-refractivity contribution >= 4 is 11.6 Å². The number of carbonyl (C=O) groups is 1. The van der Waals surface area contributed by atoms with Crippen molar-refractivity contribution in [3.8, 4) is 0 Å². The Morgan fingerprint density at radius 1 is 1.08 bits per heavy atom. The molecular formula is C18H21N5O. The summed E-state index contributed by atoms with van der Waals surface area (Å²) in [7, 11) is 0. The minimum atomic E-state index is -0.212. The van der Waals surface area contributed by atoms with Gasteiger partial charge in [-0.05, 0) is 57.0 Å². The number of amides is 1. The molecule has 1 amide bonds. The molecule has 24 heavy (non-hydrogen) atoms. The zero-order valence-electron chi connectivity index (χ0n) is 14.4. The van der Waals surface area contributed by atoms with Crippen LogP contribution >= 0.6 is 0 Å². The molecule has 1 aromatic carbocycles. The van der Waals surface area contributed by atoms with Gasteiger partial charge in [-0.25, -0.2) is 4.68 Å². The van der Waals surface area contributed by atoms with E-state index in [0.717, 1.165) is 28.2 Å². The molecule has 0 atom stereocenters. The molecule has 2 aromatic heterocycles. The number of carbonyl (C=O) groups excluding carboxylic acids is 1. The van der Waals surface area contributed by atoms with Crippen LogP contribution in [-0.2, 0) is 6.67 Å². The summed E-state index contributed by atoms with van der Waals surface area (Å²) in [5.41, 5.74) is 5.35. The standard InChI is InChI=1S/C18H21N5O/c1-12-5-6-13(2)17(9-12)19-18(24)16-7-8-22(21-16)11-23-15(4)10-14(3)20-23/h5-10H,11H2,1-4H3,(H,19,24). The van der Waals surface area contributed by atoms with Crippen LogP contribution in [0.2, 0.25) is 0 Å². The van der Waals surface area contributed by atoms with Crippen LogP contribution in [0.25, 0.3) is 0 Å². The Labute approximate surface area is 141 Å². The fraction of sp³-hybridized carbons (Fsp3) is 0.278. The van der Waals surface area contributed by atoms with Gasteiger partial charge in [0, 0.05) is 17.6 Å². The zero-order chi connectivity index (χ0) is 17.3. The number of hydrogen-bond acceptors (Lipinski definition) is 3. The first kappa shape index (κ1) is 16.0. The summed E-state index contributed by atoms with van der Waals surface area (Å²) in [5, 5.41) is 11.7. The maximum absolute atomic E-state index is 12.4. The summed E-state index contributed by atoms with van der Waals surface area (Å²) in [4.78, 5) is 12.4. The number of aromatic nitrogens is 4. The smallest absolute Gasteiger partial charge is 0.276 e. The van der Waals surface area contributed by atoms with Gasteiger partial charge in [0.1, 0.15) is 6.67 Å². The van der Waals surface area contributed by atoms with Crippen LogP contribution in [0.1, 0.15) is 33.0 Å². The van der Waals surface area contributed by atoms with Crippen molar-refractivity contribution in [2.75, 3.05) is 5.32 Å². The molecule has 0 radical (unpaired) electrons. The van der Waals surface area contributed by atoms with Crippen LogP contribution in [0, 0.1) is 27.7 Å². The summed E-state index contributed by atoms with van der Waals surface area (Å²) in [6.07, 6.45) is 1.79. The molecule has 0 saturated carbocycles. The van der Waals surface area contributed by atoms with Crippen molar-refractivity contribution in [1.82, 2.24) is 19.6 Å². The van der Waals surface area contributed by atoms with E-state index in [9.17, 15) is 4.79 Å². The fourth-order valence-electron chi connectivity index (χ4n) is 2.57. The van der Waals surface area contributed by atoms with Gasteiger partial charge in [-0.15, -0.1) is 0 Å². The molecule has 0 saturated heterocycles. The second-order valence-corrected chi connectivity index (χ2v) is 6.08. The lowest BCUT2D eigenvalue weighted by atomic mass is 10.1. The van der Waals surface area contributed by atoms with Crippen LogP contribution < -0.4 is 5.32 Å². The first-order valence-corrected chi connectivity index (χ1v) is 7.85. The predicted molar refractivity (Wildman–Crippen MR) is 93.2 cm³/mol. The lowest BCUT2D eigenvalue weighted by Gasteiger charge is -2.08. The Kier molecular flexibility index (Phi) is 4.20. The van der Waals surface area contributed by atoms with E-state index in [1.807, 2.05) is 56.6 Å². The van der Waals surface area contributed by atoms with Crippen LogP contribution in [0.4, 0.5) is 5.69 Å². The van der Waals surface area contributed by atoms with Gasteiger partial charge < -0.3 is 5.32 Å². The molecule has 3 rings (SSSR count). The number of benzene rings is 1. The van der Waals surface area contributed by atoms with E-state index in [1.165, 1.54) is 0 Å². The highest BCUT2D eigenvalue weighted by molar-refractivity contribution is 6.03. The van der Waals surface area contributed by atoms with E-state index in [-0.39, 0.29) is 5.91 Å². The number of hydrogen-bond donors (Lipinski definition) is 1. The molecule has 0 spiro atoms. The molecule has 0 unspecified atom stereocenters. The third kappa shape index (κ3) is 3.37. The molecule has 2 heterocycles. The molecule has 0 aliphatic rings. The second kappa shape index (κ2) is 6.31. The van der Waals surface area contributed by atoms with E-state index in [2.05, 4.69) is 15.5 Å². The Bertz CT molecular complexity index is 891. The normalized spacial score (nSPS) is 10.8. The summed E-state index contributed by atoms with van der Waals surface area (Å²) in [6, 6.07) is 9.70. The Balaban J connectivity index is 1.74. The SMILES string of the molecule is Cc1ccc(C)c(NC(=O)c2ccn(Cn3nc(C)cc3C)n2)c1. The minimum Gasteiger partial charge on any atom is -0.320 e. The van der Waals surface area contributed by atoms with Gasteiger partial charge in [0.05, 0.1) is 5.69 Å². The van der Waals surface area contributed by atoms with Crippen LogP contribution in [-0.4, -0.2) is 25.5 Å². The van der Waals surface area contributed by atoms with E-state index < -0.39 is 0 Å². The van der Waals surface area contributed by atoms with Crippen molar-refractivity contribution in [2.45, 2.75) is 34.4 Å². The van der Waals surface area contributed by atoms with Gasteiger partial charge in [0.15, 0.2) is 5.69 Å². The summed E-state index contributed by atoms with van der Waals surface area (Å²) in [6.45, 7) is 8.40. The molecule has 0 fully saturated rings. The fourth-order valence-corrected chi connectivity index (χ4v) is 2.57. The maximum Gasteiger partial charge on any atom is 0.276 e. The number of nitrogens with zero attached hydrogens (tertiary/aromatic N) is 4. The van der Waals surface area contributed by atoms with Gasteiger partial charge in [0.25, 0.3) is 5.91 Å². The lowest BCUT2D eigenvalue weighted by Crippen LogP contribution is -2.16. The Hall–Kier alpha value is -2.89. The molecule has 3 aromatic rings. The van der Waals surface area contributed by atoms with E-state index in [4.69, 9.17) is 0 Å². The summed E-state index contributed by atoms with van der Waals surface area (Å²) < 4.78 is 3.56. The van der Waals surface area contributed by atoms with Gasteiger partial charge in [-0.3, -0.25) is 9.48 Å². The number of anilines is 1. The predicted octanol–water partition coefficient (Wildman–Crippen LogP) is 3.07. The number of aryl methyl sites for hydroxylation is 4. The third-order valence-corrected chi connectivity index (χ3v) is 3.90. The largest absolute Gasteiger partial charge is 0.320 e. The van der Waals surface area contributed by atoms with Crippen LogP contribution in [0.3, 0.4) is 0 Å². The molecule has 0 bridgehead atoms. The Morgan fingerprint density at radius 3 is 2.58 bits per heavy atom. The quantitative estimate of drug-likeness (QED) is 0.802. The van der Waals surface area contributed by atoms with E-state index >= 15 is 0 Å². The number of nitrogens with one attached hydrogen (secondary N) is 1. The lowest BCUT2D eigenvalue weighted by molar-refractivity contribution is 0.102. The molecule has 0 aliphatic heterocycles. The van der Waals surface area contributed by atoms with Crippen molar-refractivity contribution < 1.29 is 4.79 Å². The average molecular weight is 323 g/mol. The maximum atomic E-state index is 12.4. The van der Waals surface area contributed by atoms with E-state index in [1.54, 1.807) is 16.9 Å². The monoisotopic (exact) mass is 323 g/mol. The third-order valence-electron chi connectivity index (χ3n) is 3.90. The van der Waals surface area contributed by atoms with Gasteiger partial charge in [0.2, 0.25) is 0 Å². The van der Waals surface area contributed by atoms with Crippen molar-refractivity contribution in [3.63, 3.8) is 0 Å². The van der Waals surface area contributed by atoms with Crippen LogP contribution in [0.5, 0.6) is 0 Å². The molecule has 1 N–H and O–H groups in total. The summed E-state index contributed by atoms with van der Waals surface area (Å²) >= 11 is 0. The number of rotatable bonds is 4. The molecule has 6 nitrogen and oxygen atoms in total. The first-order chi connectivity index (χ1) is 11.4. The van der Waals surface area contributed by atoms with Gasteiger partial charge in [-0.2, -0.15) is 10.2 Å². The Morgan fingerprint density at radius 2 is 1.88 bits per heavy atom. The van der Waals surface area contributed by atoms with Gasteiger partial charge >= 0.3 is 0 Å². The zero-order valence-corrected chi connectivity index (χ0v) is 14.4. The highest BCUT2D eigenvalue weighted by Gasteiger charge is 2.12. The first-order valence-electron chi connectivity index (χ1n) is 7.85. The van der Waals surface area contributed by atoms with Crippen molar-refractivity contribution in [1.29, 1.82) is 0 Å². The van der Waals surface area contributed by atoms with E-state index in [0.29, 0.717) is 12.4 Å². The van der Waals surface area contributed by atoms with Crippen molar-refractivity contribution in [2.24, 2.45) is 0 Å². The second-order valence-electron chi connectivity index (χ2n) is 6.08.